The third-order valence-corrected chi connectivity index (χ3v) is 7.29. The Morgan fingerprint density at radius 1 is 1.22 bits per heavy atom. The molecule has 0 aliphatic carbocycles. The van der Waals surface area contributed by atoms with Gasteiger partial charge in [0.25, 0.3) is 11.8 Å². The number of amides is 2. The van der Waals surface area contributed by atoms with E-state index in [-0.39, 0.29) is 29.8 Å². The van der Waals surface area contributed by atoms with Gasteiger partial charge in [-0.3, -0.25) is 14.6 Å². The number of carbonyl (C=O) groups excluding carboxylic acids is 2. The fourth-order valence-electron chi connectivity index (χ4n) is 3.97. The van der Waals surface area contributed by atoms with Gasteiger partial charge in [0, 0.05) is 29.9 Å². The zero-order valence-electron chi connectivity index (χ0n) is 19.5. The van der Waals surface area contributed by atoms with Crippen LogP contribution >= 0.6 is 22.9 Å². The highest BCUT2D eigenvalue weighted by molar-refractivity contribution is 7.17. The second-order valence-corrected chi connectivity index (χ2v) is 10.0. The van der Waals surface area contributed by atoms with Crippen molar-refractivity contribution >= 4 is 50.9 Å². The Labute approximate surface area is 215 Å². The summed E-state index contributed by atoms with van der Waals surface area (Å²) in [4.78, 5) is 40.5. The Morgan fingerprint density at radius 2 is 2.03 bits per heavy atom. The number of pyridine rings is 1. The minimum atomic E-state index is -0.433. The summed E-state index contributed by atoms with van der Waals surface area (Å²) in [6.07, 6.45) is 2.71. The largest absolute Gasteiger partial charge is 0.348 e. The van der Waals surface area contributed by atoms with Gasteiger partial charge < -0.3 is 15.5 Å². The molecule has 1 saturated heterocycles. The Bertz CT molecular complexity index is 1470. The van der Waals surface area contributed by atoms with Crippen LogP contribution in [0.5, 0.6) is 0 Å². The van der Waals surface area contributed by atoms with Crippen LogP contribution in [-0.4, -0.2) is 50.8 Å². The Kier molecular flexibility index (Phi) is 6.55. The monoisotopic (exact) mass is 524 g/mol. The molecule has 4 heterocycles. The molecule has 3 aromatic heterocycles. The van der Waals surface area contributed by atoms with Crippen molar-refractivity contribution in [2.24, 2.45) is 0 Å². The summed E-state index contributed by atoms with van der Waals surface area (Å²) in [7, 11) is 0. The van der Waals surface area contributed by atoms with Crippen LogP contribution in [0, 0.1) is 12.7 Å². The smallest absolute Gasteiger partial charge is 0.274 e. The summed E-state index contributed by atoms with van der Waals surface area (Å²) in [6, 6.07) is 7.61. The van der Waals surface area contributed by atoms with E-state index in [4.69, 9.17) is 11.6 Å². The molecule has 2 amide bonds. The molecule has 0 bridgehead atoms. The molecule has 184 valence electrons. The number of rotatable bonds is 6. The van der Waals surface area contributed by atoms with Crippen molar-refractivity contribution in [3.63, 3.8) is 0 Å². The fraction of sp³-hybridized carbons (Fsp3) is 0.240. The van der Waals surface area contributed by atoms with Gasteiger partial charge in [0.05, 0.1) is 28.5 Å². The highest BCUT2D eigenvalue weighted by Crippen LogP contribution is 2.30. The first-order valence-corrected chi connectivity index (χ1v) is 12.5. The number of thiophene rings is 1. The number of nitrogens with zero attached hydrogens (tertiary/aromatic N) is 4. The summed E-state index contributed by atoms with van der Waals surface area (Å²) < 4.78 is 14.3. The lowest BCUT2D eigenvalue weighted by molar-refractivity contribution is 0.0539. The van der Waals surface area contributed by atoms with Crippen LogP contribution in [0.25, 0.3) is 10.2 Å². The lowest BCUT2D eigenvalue weighted by atomic mass is 10.1. The quantitative estimate of drug-likeness (QED) is 0.382. The maximum Gasteiger partial charge on any atom is 0.274 e. The Morgan fingerprint density at radius 3 is 2.78 bits per heavy atom. The highest BCUT2D eigenvalue weighted by Gasteiger charge is 2.34. The van der Waals surface area contributed by atoms with Gasteiger partial charge in [0.2, 0.25) is 5.95 Å². The van der Waals surface area contributed by atoms with Gasteiger partial charge in [-0.15, -0.1) is 11.3 Å². The van der Waals surface area contributed by atoms with Gasteiger partial charge in [-0.25, -0.2) is 14.4 Å². The van der Waals surface area contributed by atoms with Gasteiger partial charge >= 0.3 is 0 Å². The number of fused-ring (bicyclic) bond motifs is 1. The molecule has 0 unspecified atom stereocenters. The lowest BCUT2D eigenvalue weighted by Gasteiger charge is -2.39. The predicted molar refractivity (Wildman–Crippen MR) is 137 cm³/mol. The molecule has 8 nitrogen and oxygen atoms in total. The number of hydrogen-bond acceptors (Lipinski definition) is 7. The molecule has 1 atom stereocenters. The van der Waals surface area contributed by atoms with Crippen LogP contribution in [0.2, 0.25) is 5.02 Å². The molecule has 1 aliphatic rings. The molecule has 0 saturated carbocycles. The summed E-state index contributed by atoms with van der Waals surface area (Å²) in [5.41, 5.74) is 3.03. The third kappa shape index (κ3) is 4.87. The molecule has 2 N–H and O–H groups in total. The SMILES string of the molecule is Cc1csc2c(C(=O)N3CC(NC(=O)c4cccc(Cl)c4)C3)nc(N[C@@H](C)c3cncc(F)c3)nc12. The zero-order valence-corrected chi connectivity index (χ0v) is 21.0. The Hall–Kier alpha value is -3.63. The van der Waals surface area contributed by atoms with Crippen LogP contribution in [0.3, 0.4) is 0 Å². The van der Waals surface area contributed by atoms with Crippen molar-refractivity contribution in [1.29, 1.82) is 0 Å². The van der Waals surface area contributed by atoms with Crippen LogP contribution in [-0.2, 0) is 0 Å². The van der Waals surface area contributed by atoms with Gasteiger partial charge in [0.1, 0.15) is 5.82 Å². The number of carbonyl (C=O) groups is 2. The number of aryl methyl sites for hydroxylation is 1. The first kappa shape index (κ1) is 24.1. The van der Waals surface area contributed by atoms with Gasteiger partial charge in [-0.1, -0.05) is 17.7 Å². The fourth-order valence-corrected chi connectivity index (χ4v) is 5.13. The molecule has 36 heavy (non-hydrogen) atoms. The number of likely N-dealkylation sites (tertiary alicyclic amines) is 1. The first-order valence-electron chi connectivity index (χ1n) is 11.3. The molecule has 11 heteroatoms. The normalized spacial score (nSPS) is 14.4. The second-order valence-electron chi connectivity index (χ2n) is 8.69. The molecule has 0 radical (unpaired) electrons. The number of aromatic nitrogens is 3. The van der Waals surface area contributed by atoms with Gasteiger partial charge in [-0.05, 0) is 54.6 Å². The number of halogens is 2. The highest BCUT2D eigenvalue weighted by atomic mass is 35.5. The average molecular weight is 525 g/mol. The van der Waals surface area contributed by atoms with E-state index in [2.05, 4.69) is 25.6 Å². The second kappa shape index (κ2) is 9.79. The first-order chi connectivity index (χ1) is 17.3. The van der Waals surface area contributed by atoms with E-state index in [0.29, 0.717) is 45.1 Å². The van der Waals surface area contributed by atoms with Gasteiger partial charge in [0.15, 0.2) is 5.69 Å². The molecule has 5 rings (SSSR count). The molecule has 1 aromatic carbocycles. The summed E-state index contributed by atoms with van der Waals surface area (Å²) in [6.45, 7) is 4.51. The molecule has 0 spiro atoms. The number of hydrogen-bond donors (Lipinski definition) is 2. The van der Waals surface area contributed by atoms with Crippen LogP contribution in [0.1, 0.15) is 44.9 Å². The molecular weight excluding hydrogens is 503 g/mol. The van der Waals surface area contributed by atoms with Crippen molar-refractivity contribution in [2.45, 2.75) is 25.9 Å². The summed E-state index contributed by atoms with van der Waals surface area (Å²) in [5, 5.41) is 8.51. The van der Waals surface area contributed by atoms with Gasteiger partial charge in [-0.2, -0.15) is 0 Å². The predicted octanol–water partition coefficient (Wildman–Crippen LogP) is 4.61. The van der Waals surface area contributed by atoms with E-state index in [9.17, 15) is 14.0 Å². The van der Waals surface area contributed by atoms with E-state index in [0.717, 1.165) is 11.8 Å². The average Bonchev–Trinajstić information content (AvgIpc) is 3.20. The lowest BCUT2D eigenvalue weighted by Crippen LogP contribution is -2.61. The van der Waals surface area contributed by atoms with Crippen molar-refractivity contribution in [3.05, 3.63) is 81.3 Å². The number of anilines is 1. The van der Waals surface area contributed by atoms with E-state index in [1.54, 1.807) is 35.4 Å². The summed E-state index contributed by atoms with van der Waals surface area (Å²) >= 11 is 7.39. The molecular formula is C25H22ClFN6O2S. The van der Waals surface area contributed by atoms with Crippen molar-refractivity contribution in [1.82, 2.24) is 25.2 Å². The van der Waals surface area contributed by atoms with Crippen molar-refractivity contribution < 1.29 is 14.0 Å². The number of nitrogens with one attached hydrogen (secondary N) is 2. The molecule has 4 aromatic rings. The zero-order chi connectivity index (χ0) is 25.4. The maximum absolute atomic E-state index is 13.6. The summed E-state index contributed by atoms with van der Waals surface area (Å²) in [5.74, 6) is -0.631. The van der Waals surface area contributed by atoms with Crippen LogP contribution < -0.4 is 10.6 Å². The standard InChI is InChI=1S/C25H22ClFN6O2S/c1-13-12-36-22-20(13)31-25(29-14(2)16-7-18(27)9-28-8-16)32-21(22)24(35)33-10-19(11-33)30-23(34)15-4-3-5-17(26)6-15/h3-9,12,14,19H,10-11H2,1-2H3,(H,30,34)(H,29,31,32)/t14-/m0/s1. The molecule has 1 aliphatic heterocycles. The minimum absolute atomic E-state index is 0.166. The topological polar surface area (TPSA) is 100 Å². The van der Waals surface area contributed by atoms with Crippen molar-refractivity contribution in [3.8, 4) is 0 Å². The van der Waals surface area contributed by atoms with E-state index < -0.39 is 5.82 Å². The maximum atomic E-state index is 13.6. The van der Waals surface area contributed by atoms with Crippen LogP contribution in [0.15, 0.2) is 48.1 Å². The number of benzene rings is 1. The third-order valence-electron chi connectivity index (χ3n) is 5.96. The van der Waals surface area contributed by atoms with E-state index in [1.165, 1.54) is 17.4 Å². The van der Waals surface area contributed by atoms with Crippen LogP contribution in [0.4, 0.5) is 10.3 Å². The Balaban J connectivity index is 1.31. The minimum Gasteiger partial charge on any atom is -0.348 e. The van der Waals surface area contributed by atoms with Crippen molar-refractivity contribution in [2.75, 3.05) is 18.4 Å². The molecule has 1 fully saturated rings. The van der Waals surface area contributed by atoms with E-state index in [1.807, 2.05) is 19.2 Å². The van der Waals surface area contributed by atoms with E-state index >= 15 is 0 Å².